The van der Waals surface area contributed by atoms with Crippen molar-refractivity contribution < 1.29 is 54.0 Å². The fourth-order valence-corrected chi connectivity index (χ4v) is 4.69. The van der Waals surface area contributed by atoms with Crippen LogP contribution in [0.1, 0.15) is 62.3 Å². The van der Waals surface area contributed by atoms with Gasteiger partial charge in [0.15, 0.2) is 0 Å². The van der Waals surface area contributed by atoms with E-state index in [1.54, 1.807) is 0 Å². The molecule has 0 radical (unpaired) electrons. The van der Waals surface area contributed by atoms with Crippen LogP contribution in [0.5, 0.6) is 0 Å². The van der Waals surface area contributed by atoms with Crippen LogP contribution in [0.25, 0.3) is 0 Å². The van der Waals surface area contributed by atoms with Crippen LogP contribution in [0.15, 0.2) is 0 Å². The second-order valence-corrected chi connectivity index (χ2v) is 8.75. The predicted octanol–water partition coefficient (Wildman–Crippen LogP) is 3.31. The Morgan fingerprint density at radius 1 is 0.324 bits per heavy atom. The molecule has 0 aromatic rings. The lowest BCUT2D eigenvalue weighted by Gasteiger charge is -2.35. The Balaban J connectivity index is 5.88. The van der Waals surface area contributed by atoms with E-state index < -0.39 is 33.1 Å². The third kappa shape index (κ3) is 14.3. The number of hydrogen-bond acceptors (Lipinski definition) is 12. The van der Waals surface area contributed by atoms with Gasteiger partial charge in [0.1, 0.15) is 19.8 Å². The first-order chi connectivity index (χ1) is 17.8. The monoisotopic (exact) mass is 558 g/mol. The van der Waals surface area contributed by atoms with Gasteiger partial charge in [-0.3, -0.25) is 0 Å². The van der Waals surface area contributed by atoms with Crippen molar-refractivity contribution >= 4 is 15.1 Å². The van der Waals surface area contributed by atoms with Gasteiger partial charge in [0.2, 0.25) is 0 Å². The van der Waals surface area contributed by atoms with Crippen molar-refractivity contribution in [3.63, 3.8) is 0 Å². The first kappa shape index (κ1) is 37.1. The summed E-state index contributed by atoms with van der Waals surface area (Å²) in [6.07, 6.45) is 0. The lowest BCUT2D eigenvalue weighted by Crippen LogP contribution is -2.51. The van der Waals surface area contributed by atoms with Crippen molar-refractivity contribution in [1.29, 1.82) is 0 Å². The molecule has 0 aromatic heterocycles. The lowest BCUT2D eigenvalue weighted by molar-refractivity contribution is -0.396. The van der Waals surface area contributed by atoms with Gasteiger partial charge in [0.25, 0.3) is 0 Å². The van der Waals surface area contributed by atoms with E-state index >= 15 is 0 Å². The summed E-state index contributed by atoms with van der Waals surface area (Å²) in [5.41, 5.74) is 0. The minimum Gasteiger partial charge on any atom is -0.448 e. The van der Waals surface area contributed by atoms with Crippen molar-refractivity contribution in [1.82, 2.24) is 0 Å². The summed E-state index contributed by atoms with van der Waals surface area (Å²) in [4.78, 5) is 0. The predicted molar refractivity (Wildman–Crippen MR) is 136 cm³/mol. The highest BCUT2D eigenvalue weighted by Gasteiger charge is 2.45. The van der Waals surface area contributed by atoms with Crippen molar-refractivity contribution in [3.05, 3.63) is 0 Å². The topological polar surface area (TPSA) is 111 Å². The van der Waals surface area contributed by atoms with Crippen LogP contribution in [0.4, 0.5) is 0 Å². The zero-order valence-corrected chi connectivity index (χ0v) is 25.6. The average Bonchev–Trinajstić information content (AvgIpc) is 2.85. The van der Waals surface area contributed by atoms with Gasteiger partial charge in [0, 0.05) is 59.5 Å². The van der Waals surface area contributed by atoms with Gasteiger partial charge < -0.3 is 54.0 Å². The third-order valence-corrected chi connectivity index (χ3v) is 5.78. The highest BCUT2D eigenvalue weighted by Crippen LogP contribution is 2.22. The summed E-state index contributed by atoms with van der Waals surface area (Å²) >= 11 is -2.98. The summed E-state index contributed by atoms with van der Waals surface area (Å²) in [6.45, 7) is 19.4. The molecule has 0 aliphatic heterocycles. The summed E-state index contributed by atoms with van der Waals surface area (Å²) in [7, 11) is 0. The molecule has 0 atom stereocenters. The Morgan fingerprint density at radius 3 is 0.622 bits per heavy atom. The largest absolute Gasteiger partial charge is 0.906 e. The molecule has 12 nitrogen and oxygen atoms in total. The summed E-state index contributed by atoms with van der Waals surface area (Å²) in [5, 5.41) is 0. The van der Waals surface area contributed by atoms with Crippen LogP contribution in [0.2, 0.25) is 0 Å². The molecule has 0 saturated carbocycles. The number of ether oxygens (including phenoxy) is 9. The van der Waals surface area contributed by atoms with Crippen molar-refractivity contribution in [2.45, 2.75) is 80.2 Å². The van der Waals surface area contributed by atoms with Gasteiger partial charge in [-0.15, -0.1) is 0 Å². The molecular weight excluding hydrogens is 507 g/mol. The van der Waals surface area contributed by atoms with Gasteiger partial charge in [-0.25, -0.2) is 0 Å². The molecule has 0 heterocycles. The Hall–Kier alpha value is 0.0525. The van der Waals surface area contributed by atoms with Crippen LogP contribution in [-0.2, 0) is 54.0 Å². The van der Waals surface area contributed by atoms with Crippen LogP contribution in [0.3, 0.4) is 0 Å². The molecule has 0 aromatic carbocycles. The molecular formula is C24H51AlO12. The van der Waals surface area contributed by atoms with E-state index in [2.05, 4.69) is 0 Å². The normalized spacial score (nSPS) is 12.9. The molecule has 0 unspecified atom stereocenters. The van der Waals surface area contributed by atoms with E-state index in [9.17, 15) is 0 Å². The van der Waals surface area contributed by atoms with E-state index in [-0.39, 0.29) is 19.8 Å². The molecule has 0 aliphatic rings. The summed E-state index contributed by atoms with van der Waals surface area (Å²) < 4.78 is 70.3. The molecule has 0 N–H and O–H groups in total. The number of hydrogen-bond donors (Lipinski definition) is 0. The van der Waals surface area contributed by atoms with E-state index in [1.165, 1.54) is 0 Å². The van der Waals surface area contributed by atoms with Gasteiger partial charge in [-0.1, -0.05) is 0 Å². The molecule has 0 fully saturated rings. The molecule has 0 saturated heterocycles. The maximum absolute atomic E-state index is 6.11. The second kappa shape index (κ2) is 21.8. The van der Waals surface area contributed by atoms with Crippen LogP contribution in [0, 0.1) is 0 Å². The Labute approximate surface area is 228 Å². The maximum atomic E-state index is 6.11. The van der Waals surface area contributed by atoms with Crippen molar-refractivity contribution in [2.24, 2.45) is 0 Å². The first-order valence-electron chi connectivity index (χ1n) is 13.4. The van der Waals surface area contributed by atoms with Crippen LogP contribution >= 0.6 is 0 Å². The zero-order chi connectivity index (χ0) is 28.0. The van der Waals surface area contributed by atoms with Crippen molar-refractivity contribution in [2.75, 3.05) is 79.3 Å². The van der Waals surface area contributed by atoms with Gasteiger partial charge in [0.05, 0.1) is 0 Å². The average molecular weight is 559 g/mol. The molecule has 0 rings (SSSR count). The van der Waals surface area contributed by atoms with Gasteiger partial charge >= 0.3 is 33.1 Å². The van der Waals surface area contributed by atoms with Crippen molar-refractivity contribution in [3.8, 4) is 0 Å². The Morgan fingerprint density at radius 2 is 0.486 bits per heavy atom. The van der Waals surface area contributed by atoms with Gasteiger partial charge in [-0.05, 0) is 62.3 Å². The molecule has 0 aliphatic carbocycles. The van der Waals surface area contributed by atoms with Gasteiger partial charge in [-0.2, -0.15) is 0 Å². The summed E-state index contributed by atoms with van der Waals surface area (Å²) in [6, 6.07) is 0. The SMILES string of the molecule is CCOC(C[O][Al]([O]CC(OCC)(OCC)OCC)[O]CC(OCC)(OCC)OCC)(OCC)OCC. The third-order valence-electron chi connectivity index (χ3n) is 4.47. The Kier molecular flexibility index (Phi) is 21.9. The summed E-state index contributed by atoms with van der Waals surface area (Å²) in [5.74, 6) is -4.24. The van der Waals surface area contributed by atoms with E-state index in [0.717, 1.165) is 0 Å². The van der Waals surface area contributed by atoms with E-state index in [1.807, 2.05) is 62.3 Å². The lowest BCUT2D eigenvalue weighted by atomic mass is 10.5. The highest BCUT2D eigenvalue weighted by molar-refractivity contribution is 6.36. The van der Waals surface area contributed by atoms with E-state index in [0.29, 0.717) is 59.5 Å². The molecule has 13 heteroatoms. The quantitative estimate of drug-likeness (QED) is 0.109. The second-order valence-electron chi connectivity index (χ2n) is 7.17. The molecule has 0 spiro atoms. The fraction of sp³-hybridized carbons (Fsp3) is 1.00. The Bertz CT molecular complexity index is 406. The zero-order valence-electron chi connectivity index (χ0n) is 24.5. The fourth-order valence-electron chi connectivity index (χ4n) is 3.38. The molecule has 0 amide bonds. The maximum Gasteiger partial charge on any atom is 0.906 e. The number of rotatable bonds is 27. The minimum atomic E-state index is -2.98. The molecule has 37 heavy (non-hydrogen) atoms. The minimum absolute atomic E-state index is 0.102. The van der Waals surface area contributed by atoms with Crippen LogP contribution in [-0.4, -0.2) is 112 Å². The standard InChI is InChI=1S/3C8H17O4.Al/c3*1-4-10-8(7-9,11-5-2)12-6-3;/h3*4-7H2,1-3H3;/q3*-1;+3. The van der Waals surface area contributed by atoms with Crippen LogP contribution < -0.4 is 0 Å². The van der Waals surface area contributed by atoms with E-state index in [4.69, 9.17) is 54.0 Å². The smallest absolute Gasteiger partial charge is 0.448 e. The molecule has 222 valence electrons. The highest BCUT2D eigenvalue weighted by atomic mass is 27.3. The first-order valence-corrected chi connectivity index (χ1v) is 14.8. The molecule has 0 bridgehead atoms.